The van der Waals surface area contributed by atoms with Crippen LogP contribution in [0.3, 0.4) is 0 Å². The monoisotopic (exact) mass is 329 g/mol. The third-order valence-electron chi connectivity index (χ3n) is 2.88. The number of aromatic nitrogens is 3. The van der Waals surface area contributed by atoms with E-state index < -0.39 is 23.8 Å². The number of aliphatic hydroxyl groups is 1. The Bertz CT molecular complexity index is 673. The molecule has 0 spiro atoms. The fourth-order valence-corrected chi connectivity index (χ4v) is 1.81. The number of nitrogens with zero attached hydrogens (tertiary/aromatic N) is 3. The molecule has 0 saturated heterocycles. The maximum Gasteiger partial charge on any atom is 0.418 e. The second-order valence-electron chi connectivity index (χ2n) is 4.75. The van der Waals surface area contributed by atoms with Crippen LogP contribution in [0.4, 0.5) is 23.7 Å². The number of nitrogens with one attached hydrogen (secondary N) is 2. The Hall–Kier alpha value is -2.62. The van der Waals surface area contributed by atoms with Crippen molar-refractivity contribution < 1.29 is 23.1 Å². The summed E-state index contributed by atoms with van der Waals surface area (Å²) in [5, 5.41) is 17.2. The number of benzene rings is 1. The number of hydrogen-bond donors (Lipinski definition) is 3. The van der Waals surface area contributed by atoms with Gasteiger partial charge in [-0.2, -0.15) is 18.3 Å². The summed E-state index contributed by atoms with van der Waals surface area (Å²) in [5.74, 6) is 0. The molecule has 0 aliphatic carbocycles. The van der Waals surface area contributed by atoms with Crippen LogP contribution in [0.25, 0.3) is 5.69 Å². The van der Waals surface area contributed by atoms with Crippen molar-refractivity contribution in [1.82, 2.24) is 20.1 Å². The summed E-state index contributed by atoms with van der Waals surface area (Å²) < 4.78 is 40.6. The molecule has 0 bridgehead atoms. The molecule has 23 heavy (non-hydrogen) atoms. The highest BCUT2D eigenvalue weighted by Crippen LogP contribution is 2.35. The number of carbonyl (C=O) groups excluding carboxylic acids is 1. The molecule has 0 fully saturated rings. The van der Waals surface area contributed by atoms with Gasteiger partial charge in [0.2, 0.25) is 0 Å². The van der Waals surface area contributed by atoms with Crippen molar-refractivity contribution in [1.29, 1.82) is 0 Å². The van der Waals surface area contributed by atoms with Gasteiger partial charge in [0.15, 0.2) is 0 Å². The number of rotatable bonds is 4. The van der Waals surface area contributed by atoms with Gasteiger partial charge in [0, 0.05) is 5.69 Å². The fourth-order valence-electron chi connectivity index (χ4n) is 1.81. The Morgan fingerprint density at radius 3 is 2.74 bits per heavy atom. The molecular weight excluding hydrogens is 315 g/mol. The van der Waals surface area contributed by atoms with Crippen molar-refractivity contribution in [3.05, 3.63) is 36.4 Å². The van der Waals surface area contributed by atoms with Gasteiger partial charge in [-0.25, -0.2) is 14.5 Å². The fraction of sp³-hybridized carbons (Fsp3) is 0.308. The minimum absolute atomic E-state index is 0.0381. The van der Waals surface area contributed by atoms with E-state index in [1.54, 1.807) is 6.92 Å². The number of carbonyl (C=O) groups is 1. The Labute approximate surface area is 129 Å². The molecule has 0 radical (unpaired) electrons. The first-order valence-electron chi connectivity index (χ1n) is 6.56. The lowest BCUT2D eigenvalue weighted by molar-refractivity contribution is -0.137. The molecule has 1 aromatic carbocycles. The Morgan fingerprint density at radius 1 is 1.43 bits per heavy atom. The van der Waals surface area contributed by atoms with E-state index >= 15 is 0 Å². The summed E-state index contributed by atoms with van der Waals surface area (Å²) in [6, 6.07) is 2.07. The molecule has 1 unspecified atom stereocenters. The van der Waals surface area contributed by atoms with Crippen LogP contribution < -0.4 is 10.6 Å². The van der Waals surface area contributed by atoms with Gasteiger partial charge >= 0.3 is 12.2 Å². The van der Waals surface area contributed by atoms with Gasteiger partial charge in [0.05, 0.1) is 23.9 Å². The van der Waals surface area contributed by atoms with Crippen LogP contribution >= 0.6 is 0 Å². The summed E-state index contributed by atoms with van der Waals surface area (Å²) in [6.45, 7) is 1.26. The van der Waals surface area contributed by atoms with E-state index in [2.05, 4.69) is 20.7 Å². The molecular formula is C13H14F3N5O2. The summed E-state index contributed by atoms with van der Waals surface area (Å²) in [4.78, 5) is 15.2. The van der Waals surface area contributed by atoms with Gasteiger partial charge < -0.3 is 15.7 Å². The third kappa shape index (κ3) is 4.19. The highest BCUT2D eigenvalue weighted by Gasteiger charge is 2.34. The van der Waals surface area contributed by atoms with Crippen LogP contribution in [0.5, 0.6) is 0 Å². The smallest absolute Gasteiger partial charge is 0.394 e. The lowest BCUT2D eigenvalue weighted by Crippen LogP contribution is -2.38. The van der Waals surface area contributed by atoms with E-state index in [1.807, 2.05) is 0 Å². The molecule has 0 aliphatic rings. The first kappa shape index (κ1) is 16.7. The Balaban J connectivity index is 2.29. The van der Waals surface area contributed by atoms with Gasteiger partial charge in [0.25, 0.3) is 0 Å². The molecule has 0 aliphatic heterocycles. The molecule has 2 rings (SSSR count). The molecule has 124 valence electrons. The van der Waals surface area contributed by atoms with E-state index in [-0.39, 0.29) is 18.0 Å². The Kier molecular flexibility index (Phi) is 4.84. The van der Waals surface area contributed by atoms with Gasteiger partial charge in [-0.15, -0.1) is 0 Å². The van der Waals surface area contributed by atoms with Crippen molar-refractivity contribution in [3.8, 4) is 5.69 Å². The molecule has 1 heterocycles. The zero-order valence-corrected chi connectivity index (χ0v) is 12.0. The predicted molar refractivity (Wildman–Crippen MR) is 75.1 cm³/mol. The first-order chi connectivity index (χ1) is 10.8. The minimum atomic E-state index is -4.63. The van der Waals surface area contributed by atoms with E-state index in [4.69, 9.17) is 5.11 Å². The largest absolute Gasteiger partial charge is 0.418 e. The van der Waals surface area contributed by atoms with Gasteiger partial charge in [0.1, 0.15) is 12.7 Å². The van der Waals surface area contributed by atoms with Crippen LogP contribution in [0.1, 0.15) is 12.5 Å². The lowest BCUT2D eigenvalue weighted by Gasteiger charge is -2.16. The number of aliphatic hydroxyl groups excluding tert-OH is 1. The quantitative estimate of drug-likeness (QED) is 0.797. The molecule has 2 amide bonds. The highest BCUT2D eigenvalue weighted by molar-refractivity contribution is 5.89. The first-order valence-corrected chi connectivity index (χ1v) is 6.56. The average molecular weight is 329 g/mol. The van der Waals surface area contributed by atoms with E-state index in [0.29, 0.717) is 0 Å². The minimum Gasteiger partial charge on any atom is -0.394 e. The van der Waals surface area contributed by atoms with Crippen LogP contribution in [-0.4, -0.2) is 38.6 Å². The number of anilines is 1. The van der Waals surface area contributed by atoms with Crippen LogP contribution in [0, 0.1) is 0 Å². The van der Waals surface area contributed by atoms with Crippen molar-refractivity contribution in [2.45, 2.75) is 19.1 Å². The molecule has 3 N–H and O–H groups in total. The van der Waals surface area contributed by atoms with Crippen molar-refractivity contribution in [2.24, 2.45) is 0 Å². The van der Waals surface area contributed by atoms with Crippen molar-refractivity contribution in [2.75, 3.05) is 11.9 Å². The van der Waals surface area contributed by atoms with E-state index in [0.717, 1.165) is 23.4 Å². The predicted octanol–water partition coefficient (Wildman–Crippen LogP) is 1.79. The number of hydrogen-bond acceptors (Lipinski definition) is 4. The SMILES string of the molecule is CC(CO)NC(=O)Nc1ccc(-n2cncn2)c(C(F)(F)F)c1. The third-order valence-corrected chi connectivity index (χ3v) is 2.88. The second-order valence-corrected chi connectivity index (χ2v) is 4.75. The van der Waals surface area contributed by atoms with Crippen LogP contribution in [0.2, 0.25) is 0 Å². The number of halogens is 3. The van der Waals surface area contributed by atoms with Gasteiger partial charge in [-0.05, 0) is 25.1 Å². The van der Waals surface area contributed by atoms with Gasteiger partial charge in [-0.3, -0.25) is 0 Å². The second kappa shape index (κ2) is 6.65. The highest BCUT2D eigenvalue weighted by atomic mass is 19.4. The summed E-state index contributed by atoms with van der Waals surface area (Å²) in [5.41, 5.74) is -1.20. The molecule has 2 aromatic rings. The van der Waals surface area contributed by atoms with Crippen LogP contribution in [0.15, 0.2) is 30.9 Å². The number of urea groups is 1. The van der Waals surface area contributed by atoms with Crippen molar-refractivity contribution >= 4 is 11.7 Å². The summed E-state index contributed by atoms with van der Waals surface area (Å²) in [7, 11) is 0. The number of amides is 2. The summed E-state index contributed by atoms with van der Waals surface area (Å²) >= 11 is 0. The maximum atomic E-state index is 13.2. The molecule has 1 atom stereocenters. The zero-order chi connectivity index (χ0) is 17.0. The van der Waals surface area contributed by atoms with Gasteiger partial charge in [-0.1, -0.05) is 0 Å². The summed E-state index contributed by atoms with van der Waals surface area (Å²) in [6.07, 6.45) is -2.36. The molecule has 0 saturated carbocycles. The topological polar surface area (TPSA) is 92.1 Å². The molecule has 7 nitrogen and oxygen atoms in total. The van der Waals surface area contributed by atoms with Crippen LogP contribution in [-0.2, 0) is 6.18 Å². The standard InChI is InChI=1S/C13H14F3N5O2/c1-8(5-22)19-12(23)20-9-2-3-11(21-7-17-6-18-21)10(4-9)13(14,15)16/h2-4,6-8,22H,5H2,1H3,(H2,19,20,23). The van der Waals surface area contributed by atoms with E-state index in [1.165, 1.54) is 12.1 Å². The maximum absolute atomic E-state index is 13.2. The zero-order valence-electron chi connectivity index (χ0n) is 12.0. The van der Waals surface area contributed by atoms with E-state index in [9.17, 15) is 18.0 Å². The molecule has 1 aromatic heterocycles. The average Bonchev–Trinajstić information content (AvgIpc) is 3.00. The number of alkyl halides is 3. The normalized spacial score (nSPS) is 12.7. The lowest BCUT2D eigenvalue weighted by atomic mass is 10.1. The Morgan fingerprint density at radius 2 is 2.17 bits per heavy atom. The van der Waals surface area contributed by atoms with Crippen molar-refractivity contribution in [3.63, 3.8) is 0 Å². The molecule has 10 heteroatoms.